The van der Waals surface area contributed by atoms with Crippen molar-refractivity contribution in [1.82, 2.24) is 10.3 Å². The first-order valence-corrected chi connectivity index (χ1v) is 10.6. The SMILES string of the molecule is O=C(/C=C/C=C/c1ccccc1)NCCNc1c2c(nc3ccccc13)CCCC2. The molecule has 0 saturated carbocycles. The lowest BCUT2D eigenvalue weighted by Gasteiger charge is -2.21. The van der Waals surface area contributed by atoms with E-state index in [0.717, 1.165) is 29.3 Å². The van der Waals surface area contributed by atoms with Crippen LogP contribution >= 0.6 is 0 Å². The number of allylic oxidation sites excluding steroid dienone is 2. The number of fused-ring (bicyclic) bond motifs is 2. The predicted octanol–water partition coefficient (Wildman–Crippen LogP) is 4.91. The van der Waals surface area contributed by atoms with Crippen LogP contribution in [-0.2, 0) is 17.6 Å². The molecule has 0 unspecified atom stereocenters. The highest BCUT2D eigenvalue weighted by Gasteiger charge is 2.17. The molecule has 0 fully saturated rings. The average Bonchev–Trinajstić information content (AvgIpc) is 2.79. The van der Waals surface area contributed by atoms with Crippen molar-refractivity contribution in [2.24, 2.45) is 0 Å². The molecule has 0 spiro atoms. The Morgan fingerprint density at radius 3 is 2.63 bits per heavy atom. The smallest absolute Gasteiger partial charge is 0.244 e. The number of carbonyl (C=O) groups is 1. The van der Waals surface area contributed by atoms with Crippen molar-refractivity contribution in [2.75, 3.05) is 18.4 Å². The Hall–Kier alpha value is -3.40. The van der Waals surface area contributed by atoms with Gasteiger partial charge in [-0.05, 0) is 42.9 Å². The van der Waals surface area contributed by atoms with Gasteiger partial charge in [-0.1, -0.05) is 66.8 Å². The second kappa shape index (κ2) is 9.88. The van der Waals surface area contributed by atoms with Crippen molar-refractivity contribution in [3.8, 4) is 0 Å². The third-order valence-electron chi connectivity index (χ3n) is 5.34. The number of amides is 1. The maximum absolute atomic E-state index is 12.0. The molecule has 1 amide bonds. The molecule has 0 bridgehead atoms. The molecule has 0 saturated heterocycles. The Balaban J connectivity index is 1.32. The molecule has 4 heteroatoms. The van der Waals surface area contributed by atoms with Gasteiger partial charge in [0.15, 0.2) is 0 Å². The Morgan fingerprint density at radius 1 is 0.933 bits per heavy atom. The van der Waals surface area contributed by atoms with Gasteiger partial charge in [-0.3, -0.25) is 9.78 Å². The Morgan fingerprint density at radius 2 is 1.73 bits per heavy atom. The number of hydrogen-bond acceptors (Lipinski definition) is 3. The van der Waals surface area contributed by atoms with Gasteiger partial charge in [0.2, 0.25) is 5.91 Å². The Bertz CT molecular complexity index is 1070. The summed E-state index contributed by atoms with van der Waals surface area (Å²) in [5, 5.41) is 7.67. The number of para-hydroxylation sites is 1. The van der Waals surface area contributed by atoms with Gasteiger partial charge in [0, 0.05) is 35.9 Å². The molecule has 1 heterocycles. The van der Waals surface area contributed by atoms with E-state index in [2.05, 4.69) is 28.8 Å². The molecule has 30 heavy (non-hydrogen) atoms. The predicted molar refractivity (Wildman–Crippen MR) is 125 cm³/mol. The van der Waals surface area contributed by atoms with Gasteiger partial charge in [0.25, 0.3) is 0 Å². The number of carbonyl (C=O) groups excluding carboxylic acids is 1. The first-order chi connectivity index (χ1) is 14.8. The number of nitrogens with one attached hydrogen (secondary N) is 2. The van der Waals surface area contributed by atoms with E-state index in [4.69, 9.17) is 4.98 Å². The number of rotatable bonds is 7. The zero-order valence-electron chi connectivity index (χ0n) is 17.1. The van der Waals surface area contributed by atoms with Gasteiger partial charge in [-0.25, -0.2) is 0 Å². The molecular weight excluding hydrogens is 370 g/mol. The van der Waals surface area contributed by atoms with Crippen LogP contribution in [0.5, 0.6) is 0 Å². The summed E-state index contributed by atoms with van der Waals surface area (Å²) >= 11 is 0. The van der Waals surface area contributed by atoms with E-state index in [1.165, 1.54) is 29.8 Å². The fraction of sp³-hybridized carbons (Fsp3) is 0.231. The lowest BCUT2D eigenvalue weighted by molar-refractivity contribution is -0.116. The van der Waals surface area contributed by atoms with Gasteiger partial charge in [0.05, 0.1) is 5.52 Å². The lowest BCUT2D eigenvalue weighted by atomic mass is 9.92. The van der Waals surface area contributed by atoms with E-state index in [-0.39, 0.29) is 5.91 Å². The standard InChI is InChI=1S/C26H27N3O/c30-25(17-9-4-12-20-10-2-1-3-11-20)27-18-19-28-26-21-13-5-7-15-23(21)29-24-16-8-6-14-22(24)26/h1-5,7,9-13,15,17H,6,8,14,16,18-19H2,(H,27,30)(H,28,29)/b12-4+,17-9+. The highest BCUT2D eigenvalue weighted by atomic mass is 16.1. The summed E-state index contributed by atoms with van der Waals surface area (Å²) in [5.41, 5.74) is 5.90. The quantitative estimate of drug-likeness (QED) is 0.338. The van der Waals surface area contributed by atoms with E-state index < -0.39 is 0 Å². The number of hydrogen-bond donors (Lipinski definition) is 2. The second-order valence-electron chi connectivity index (χ2n) is 7.48. The normalized spacial score (nSPS) is 13.6. The molecule has 2 aromatic carbocycles. The van der Waals surface area contributed by atoms with Gasteiger partial charge >= 0.3 is 0 Å². The molecule has 1 aliphatic carbocycles. The third-order valence-corrected chi connectivity index (χ3v) is 5.34. The van der Waals surface area contributed by atoms with Gasteiger partial charge in [0.1, 0.15) is 0 Å². The van der Waals surface area contributed by atoms with E-state index in [1.807, 2.05) is 48.6 Å². The molecule has 0 radical (unpaired) electrons. The number of anilines is 1. The van der Waals surface area contributed by atoms with E-state index in [1.54, 1.807) is 12.2 Å². The number of pyridine rings is 1. The van der Waals surface area contributed by atoms with Gasteiger partial charge < -0.3 is 10.6 Å². The van der Waals surface area contributed by atoms with Crippen molar-refractivity contribution in [1.29, 1.82) is 0 Å². The third kappa shape index (κ3) is 4.95. The summed E-state index contributed by atoms with van der Waals surface area (Å²) in [6.45, 7) is 1.25. The molecule has 0 aliphatic heterocycles. The Kier molecular flexibility index (Phi) is 6.55. The zero-order valence-corrected chi connectivity index (χ0v) is 17.1. The van der Waals surface area contributed by atoms with Crippen molar-refractivity contribution < 1.29 is 4.79 Å². The largest absolute Gasteiger partial charge is 0.382 e. The fourth-order valence-electron chi connectivity index (χ4n) is 3.88. The van der Waals surface area contributed by atoms with Crippen molar-refractivity contribution >= 4 is 28.6 Å². The minimum atomic E-state index is -0.0869. The van der Waals surface area contributed by atoms with Gasteiger partial charge in [-0.2, -0.15) is 0 Å². The summed E-state index contributed by atoms with van der Waals surface area (Å²) in [4.78, 5) is 16.9. The minimum absolute atomic E-state index is 0.0869. The molecule has 4 rings (SSSR count). The first kappa shape index (κ1) is 19.9. The van der Waals surface area contributed by atoms with E-state index >= 15 is 0 Å². The molecule has 2 N–H and O–H groups in total. The highest BCUT2D eigenvalue weighted by Crippen LogP contribution is 2.32. The van der Waals surface area contributed by atoms with E-state index in [9.17, 15) is 4.79 Å². The summed E-state index contributed by atoms with van der Waals surface area (Å²) in [6.07, 6.45) is 11.7. The molecule has 1 aromatic heterocycles. The van der Waals surface area contributed by atoms with Crippen LogP contribution in [0.2, 0.25) is 0 Å². The fourth-order valence-corrected chi connectivity index (χ4v) is 3.88. The van der Waals surface area contributed by atoms with Crippen LogP contribution in [0.1, 0.15) is 29.7 Å². The summed E-state index contributed by atoms with van der Waals surface area (Å²) in [6, 6.07) is 18.3. The second-order valence-corrected chi connectivity index (χ2v) is 7.48. The summed E-state index contributed by atoms with van der Waals surface area (Å²) in [5.74, 6) is -0.0869. The van der Waals surface area contributed by atoms with Crippen molar-refractivity contribution in [3.05, 3.63) is 89.6 Å². The van der Waals surface area contributed by atoms with Crippen LogP contribution < -0.4 is 10.6 Å². The molecule has 4 nitrogen and oxygen atoms in total. The topological polar surface area (TPSA) is 54.0 Å². The molecule has 1 aliphatic rings. The van der Waals surface area contributed by atoms with Crippen LogP contribution in [0.3, 0.4) is 0 Å². The van der Waals surface area contributed by atoms with Crippen LogP contribution in [0, 0.1) is 0 Å². The van der Waals surface area contributed by atoms with Crippen LogP contribution in [0.25, 0.3) is 17.0 Å². The maximum Gasteiger partial charge on any atom is 0.244 e. The van der Waals surface area contributed by atoms with Crippen molar-refractivity contribution in [3.63, 3.8) is 0 Å². The average molecular weight is 398 g/mol. The van der Waals surface area contributed by atoms with Crippen LogP contribution in [0.15, 0.2) is 72.8 Å². The number of benzene rings is 2. The summed E-state index contributed by atoms with van der Waals surface area (Å²) < 4.78 is 0. The molecule has 0 atom stereocenters. The van der Waals surface area contributed by atoms with Gasteiger partial charge in [-0.15, -0.1) is 0 Å². The monoisotopic (exact) mass is 397 g/mol. The molecule has 152 valence electrons. The summed E-state index contributed by atoms with van der Waals surface area (Å²) in [7, 11) is 0. The van der Waals surface area contributed by atoms with E-state index in [0.29, 0.717) is 13.1 Å². The highest BCUT2D eigenvalue weighted by molar-refractivity contribution is 5.93. The minimum Gasteiger partial charge on any atom is -0.382 e. The first-order valence-electron chi connectivity index (χ1n) is 10.6. The molecular formula is C26H27N3O. The van der Waals surface area contributed by atoms with Crippen LogP contribution in [-0.4, -0.2) is 24.0 Å². The van der Waals surface area contributed by atoms with Crippen LogP contribution in [0.4, 0.5) is 5.69 Å². The number of aromatic nitrogens is 1. The maximum atomic E-state index is 12.0. The zero-order chi connectivity index (χ0) is 20.6. The van der Waals surface area contributed by atoms with Crippen molar-refractivity contribution in [2.45, 2.75) is 25.7 Å². The molecule has 3 aromatic rings. The lowest BCUT2D eigenvalue weighted by Crippen LogP contribution is -2.27. The number of aryl methyl sites for hydroxylation is 1. The Labute approximate surface area is 177 Å². The number of nitrogens with zero attached hydrogens (tertiary/aromatic N) is 1.